The molecule has 0 aromatic rings. The van der Waals surface area contributed by atoms with Crippen LogP contribution in [0, 0.1) is 17.8 Å². The number of hydrogen-bond donors (Lipinski definition) is 2. The number of fused-ring (bicyclic) bond motifs is 1. The zero-order chi connectivity index (χ0) is 20.1. The zero-order valence-corrected chi connectivity index (χ0v) is 15.7. The molecule has 0 aromatic carbocycles. The predicted molar refractivity (Wildman–Crippen MR) is 94.0 cm³/mol. The molecule has 1 fully saturated rings. The van der Waals surface area contributed by atoms with Gasteiger partial charge < -0.3 is 10.1 Å². The Bertz CT molecular complexity index is 646. The van der Waals surface area contributed by atoms with E-state index in [4.69, 9.17) is 4.74 Å². The zero-order valence-electron chi connectivity index (χ0n) is 15.7. The summed E-state index contributed by atoms with van der Waals surface area (Å²) in [4.78, 5) is 61.1. The van der Waals surface area contributed by atoms with Gasteiger partial charge in [-0.1, -0.05) is 26.0 Å². The number of amides is 5. The quantitative estimate of drug-likeness (QED) is 0.390. The number of esters is 1. The highest BCUT2D eigenvalue weighted by molar-refractivity contribution is 6.08. The predicted octanol–water partition coefficient (Wildman–Crippen LogP) is 0.351. The first-order valence-corrected chi connectivity index (χ1v) is 8.98. The molecule has 0 aromatic heterocycles. The Labute approximate surface area is 157 Å². The van der Waals surface area contributed by atoms with Gasteiger partial charge in [-0.15, -0.1) is 0 Å². The number of hydrogen-bond acceptors (Lipinski definition) is 6. The largest absolute Gasteiger partial charge is 0.454 e. The second-order valence-corrected chi connectivity index (χ2v) is 7.14. The van der Waals surface area contributed by atoms with Gasteiger partial charge in [-0.05, 0) is 25.7 Å². The van der Waals surface area contributed by atoms with Crippen molar-refractivity contribution in [3.8, 4) is 0 Å². The van der Waals surface area contributed by atoms with Gasteiger partial charge in [0.1, 0.15) is 6.04 Å². The fourth-order valence-corrected chi connectivity index (χ4v) is 3.07. The number of rotatable bonds is 6. The first kappa shape index (κ1) is 20.6. The third kappa shape index (κ3) is 4.93. The van der Waals surface area contributed by atoms with Crippen LogP contribution < -0.4 is 10.6 Å². The maximum atomic E-state index is 12.4. The standard InChI is InChI=1S/C18H25N3O6/c1-10(2)8-19-18(26)20-14(22)9-27-17(25)11(3)21-15(23)12-6-4-5-7-13(12)16(21)24/h4-5,10-13H,6-9H2,1-3H3,(H2,19,20,22,26)/t11-,12+,13+/m0/s1. The summed E-state index contributed by atoms with van der Waals surface area (Å²) in [5.74, 6) is -3.11. The summed E-state index contributed by atoms with van der Waals surface area (Å²) in [5, 5.41) is 4.53. The molecular formula is C18H25N3O6. The molecule has 0 bridgehead atoms. The number of urea groups is 1. The first-order valence-electron chi connectivity index (χ1n) is 8.98. The van der Waals surface area contributed by atoms with E-state index in [1.807, 2.05) is 31.3 Å². The summed E-state index contributed by atoms with van der Waals surface area (Å²) in [7, 11) is 0. The van der Waals surface area contributed by atoms with Crippen molar-refractivity contribution < 1.29 is 28.7 Å². The van der Waals surface area contributed by atoms with Crippen LogP contribution in [-0.2, 0) is 23.9 Å². The molecule has 27 heavy (non-hydrogen) atoms. The fourth-order valence-electron chi connectivity index (χ4n) is 3.07. The molecule has 0 radical (unpaired) electrons. The number of nitrogens with one attached hydrogen (secondary N) is 2. The van der Waals surface area contributed by atoms with Crippen molar-refractivity contribution in [2.45, 2.75) is 39.7 Å². The topological polar surface area (TPSA) is 122 Å². The van der Waals surface area contributed by atoms with E-state index in [0.29, 0.717) is 19.4 Å². The summed E-state index contributed by atoms with van der Waals surface area (Å²) in [5.41, 5.74) is 0. The van der Waals surface area contributed by atoms with E-state index in [9.17, 15) is 24.0 Å². The summed E-state index contributed by atoms with van der Waals surface area (Å²) in [6.07, 6.45) is 4.66. The second kappa shape index (κ2) is 8.79. The molecule has 2 N–H and O–H groups in total. The van der Waals surface area contributed by atoms with Crippen molar-refractivity contribution in [3.05, 3.63) is 12.2 Å². The van der Waals surface area contributed by atoms with Gasteiger partial charge in [0.2, 0.25) is 11.8 Å². The van der Waals surface area contributed by atoms with Gasteiger partial charge in [0, 0.05) is 6.54 Å². The lowest BCUT2D eigenvalue weighted by Gasteiger charge is -2.21. The Morgan fingerprint density at radius 1 is 1.11 bits per heavy atom. The summed E-state index contributed by atoms with van der Waals surface area (Å²) in [6.45, 7) is 4.90. The number of carbonyl (C=O) groups is 5. The first-order chi connectivity index (χ1) is 12.7. The molecule has 1 aliphatic heterocycles. The van der Waals surface area contributed by atoms with Gasteiger partial charge in [-0.2, -0.15) is 0 Å². The highest BCUT2D eigenvalue weighted by atomic mass is 16.5. The lowest BCUT2D eigenvalue weighted by atomic mass is 9.85. The molecule has 9 nitrogen and oxygen atoms in total. The van der Waals surface area contributed by atoms with Gasteiger partial charge in [0.05, 0.1) is 11.8 Å². The van der Waals surface area contributed by atoms with Crippen molar-refractivity contribution in [2.24, 2.45) is 17.8 Å². The highest BCUT2D eigenvalue weighted by Crippen LogP contribution is 2.36. The van der Waals surface area contributed by atoms with Gasteiger partial charge in [-0.25, -0.2) is 9.59 Å². The van der Waals surface area contributed by atoms with E-state index in [2.05, 4.69) is 5.32 Å². The Hall–Kier alpha value is -2.71. The van der Waals surface area contributed by atoms with E-state index in [1.165, 1.54) is 6.92 Å². The lowest BCUT2D eigenvalue weighted by Crippen LogP contribution is -2.46. The fraction of sp³-hybridized carbons (Fsp3) is 0.611. The highest BCUT2D eigenvalue weighted by Gasteiger charge is 2.50. The van der Waals surface area contributed by atoms with Crippen LogP contribution in [-0.4, -0.2) is 53.8 Å². The SMILES string of the molecule is CC(C)CNC(=O)NC(=O)COC(=O)[C@H](C)N1C(=O)[C@@H]2CC=CC[C@H]2C1=O. The van der Waals surface area contributed by atoms with Gasteiger partial charge >= 0.3 is 12.0 Å². The van der Waals surface area contributed by atoms with E-state index in [0.717, 1.165) is 4.90 Å². The smallest absolute Gasteiger partial charge is 0.329 e. The van der Waals surface area contributed by atoms with Crippen LogP contribution in [0.5, 0.6) is 0 Å². The van der Waals surface area contributed by atoms with E-state index in [-0.39, 0.29) is 5.92 Å². The van der Waals surface area contributed by atoms with Gasteiger partial charge in [0.15, 0.2) is 6.61 Å². The molecule has 148 valence electrons. The molecule has 0 unspecified atom stereocenters. The minimum Gasteiger partial charge on any atom is -0.454 e. The Morgan fingerprint density at radius 3 is 2.19 bits per heavy atom. The van der Waals surface area contributed by atoms with Gasteiger partial charge in [0.25, 0.3) is 5.91 Å². The molecule has 5 amide bonds. The summed E-state index contributed by atoms with van der Waals surface area (Å²) in [6, 6.07) is -1.81. The number of likely N-dealkylation sites (tertiary alicyclic amines) is 1. The Kier molecular flexibility index (Phi) is 6.70. The summed E-state index contributed by atoms with van der Waals surface area (Å²) >= 11 is 0. The summed E-state index contributed by atoms with van der Waals surface area (Å²) < 4.78 is 4.86. The molecule has 1 heterocycles. The van der Waals surface area contributed by atoms with Crippen LogP contribution >= 0.6 is 0 Å². The van der Waals surface area contributed by atoms with Crippen LogP contribution in [0.3, 0.4) is 0 Å². The van der Waals surface area contributed by atoms with Crippen LogP contribution in [0.2, 0.25) is 0 Å². The number of imide groups is 2. The Balaban J connectivity index is 1.83. The molecule has 3 atom stereocenters. The van der Waals surface area contributed by atoms with Crippen molar-refractivity contribution in [3.63, 3.8) is 0 Å². The molecular weight excluding hydrogens is 354 g/mol. The van der Waals surface area contributed by atoms with E-state index in [1.54, 1.807) is 0 Å². The minimum atomic E-state index is -1.13. The maximum Gasteiger partial charge on any atom is 0.329 e. The average molecular weight is 379 g/mol. The van der Waals surface area contributed by atoms with E-state index < -0.39 is 54.2 Å². The second-order valence-electron chi connectivity index (χ2n) is 7.14. The third-order valence-corrected chi connectivity index (χ3v) is 4.54. The van der Waals surface area contributed by atoms with Crippen LogP contribution in [0.15, 0.2) is 12.2 Å². The van der Waals surface area contributed by atoms with E-state index >= 15 is 0 Å². The van der Waals surface area contributed by atoms with Crippen molar-refractivity contribution in [2.75, 3.05) is 13.2 Å². The molecule has 1 saturated heterocycles. The van der Waals surface area contributed by atoms with Crippen LogP contribution in [0.4, 0.5) is 4.79 Å². The maximum absolute atomic E-state index is 12.4. The lowest BCUT2D eigenvalue weighted by molar-refractivity contribution is -0.159. The average Bonchev–Trinajstić information content (AvgIpc) is 2.88. The molecule has 2 aliphatic rings. The molecule has 2 rings (SSSR count). The van der Waals surface area contributed by atoms with Crippen molar-refractivity contribution in [1.82, 2.24) is 15.5 Å². The van der Waals surface area contributed by atoms with Crippen molar-refractivity contribution in [1.29, 1.82) is 0 Å². The van der Waals surface area contributed by atoms with Crippen LogP contribution in [0.25, 0.3) is 0 Å². The number of carbonyl (C=O) groups excluding carboxylic acids is 5. The molecule has 9 heteroatoms. The van der Waals surface area contributed by atoms with Gasteiger partial charge in [-0.3, -0.25) is 24.6 Å². The molecule has 1 aliphatic carbocycles. The Morgan fingerprint density at radius 2 is 1.67 bits per heavy atom. The van der Waals surface area contributed by atoms with Crippen LogP contribution in [0.1, 0.15) is 33.6 Å². The number of allylic oxidation sites excluding steroid dienone is 2. The monoisotopic (exact) mass is 379 g/mol. The number of nitrogens with zero attached hydrogens (tertiary/aromatic N) is 1. The molecule has 0 spiro atoms. The minimum absolute atomic E-state index is 0.221. The third-order valence-electron chi connectivity index (χ3n) is 4.54. The normalized spacial score (nSPS) is 22.4. The van der Waals surface area contributed by atoms with Crippen molar-refractivity contribution >= 4 is 29.7 Å². The molecule has 0 saturated carbocycles. The number of ether oxygens (including phenoxy) is 1.